The zero-order valence-corrected chi connectivity index (χ0v) is 12.9. The van der Waals surface area contributed by atoms with Crippen LogP contribution in [0.5, 0.6) is 0 Å². The molecule has 0 fully saturated rings. The number of aromatic nitrogens is 1. The molecule has 1 amide bonds. The van der Waals surface area contributed by atoms with Crippen LogP contribution in [0.25, 0.3) is 0 Å². The Balaban J connectivity index is 1.93. The van der Waals surface area contributed by atoms with Gasteiger partial charge in [0.15, 0.2) is 0 Å². The standard InChI is InChI=1S/C15H17N3O3S/c1-22(20,21)18-14-7-4-5-12(11-14)15(19)17-10-8-13-6-2-3-9-16-13/h2-7,9,11,18H,8,10H2,1H3,(H,17,19). The molecule has 0 bridgehead atoms. The van der Waals surface area contributed by atoms with Crippen LogP contribution in [0, 0.1) is 0 Å². The summed E-state index contributed by atoms with van der Waals surface area (Å²) in [7, 11) is -3.36. The van der Waals surface area contributed by atoms with Crippen molar-refractivity contribution >= 4 is 21.6 Å². The quantitative estimate of drug-likeness (QED) is 0.843. The third kappa shape index (κ3) is 5.17. The predicted molar refractivity (Wildman–Crippen MR) is 85.2 cm³/mol. The number of nitrogens with zero attached hydrogens (tertiary/aromatic N) is 1. The molecule has 1 aromatic carbocycles. The summed E-state index contributed by atoms with van der Waals surface area (Å²) >= 11 is 0. The first-order valence-electron chi connectivity index (χ1n) is 6.70. The minimum Gasteiger partial charge on any atom is -0.352 e. The van der Waals surface area contributed by atoms with Gasteiger partial charge < -0.3 is 5.32 Å². The van der Waals surface area contributed by atoms with E-state index < -0.39 is 10.0 Å². The van der Waals surface area contributed by atoms with Gasteiger partial charge in [-0.2, -0.15) is 0 Å². The normalized spacial score (nSPS) is 11.0. The third-order valence-corrected chi connectivity index (χ3v) is 3.43. The van der Waals surface area contributed by atoms with Crippen molar-refractivity contribution in [2.75, 3.05) is 17.5 Å². The van der Waals surface area contributed by atoms with Gasteiger partial charge in [-0.1, -0.05) is 12.1 Å². The molecule has 0 spiro atoms. The van der Waals surface area contributed by atoms with Crippen LogP contribution in [-0.2, 0) is 16.4 Å². The number of pyridine rings is 1. The molecule has 0 unspecified atom stereocenters. The lowest BCUT2D eigenvalue weighted by molar-refractivity contribution is 0.0954. The lowest BCUT2D eigenvalue weighted by atomic mass is 10.2. The molecule has 0 aliphatic carbocycles. The van der Waals surface area contributed by atoms with Crippen LogP contribution in [0.1, 0.15) is 16.1 Å². The van der Waals surface area contributed by atoms with Gasteiger partial charge in [-0.15, -0.1) is 0 Å². The second-order valence-corrected chi connectivity index (χ2v) is 6.53. The van der Waals surface area contributed by atoms with Gasteiger partial charge in [0.1, 0.15) is 0 Å². The fourth-order valence-corrected chi connectivity index (χ4v) is 2.45. The van der Waals surface area contributed by atoms with Gasteiger partial charge in [-0.3, -0.25) is 14.5 Å². The lowest BCUT2D eigenvalue weighted by Crippen LogP contribution is -2.26. The van der Waals surface area contributed by atoms with Crippen molar-refractivity contribution in [2.45, 2.75) is 6.42 Å². The van der Waals surface area contributed by atoms with Crippen molar-refractivity contribution in [2.24, 2.45) is 0 Å². The van der Waals surface area contributed by atoms with Crippen molar-refractivity contribution in [1.82, 2.24) is 10.3 Å². The van der Waals surface area contributed by atoms with Crippen molar-refractivity contribution in [1.29, 1.82) is 0 Å². The number of anilines is 1. The molecule has 0 aliphatic heterocycles. The highest BCUT2D eigenvalue weighted by atomic mass is 32.2. The van der Waals surface area contributed by atoms with Gasteiger partial charge in [-0.25, -0.2) is 8.42 Å². The summed E-state index contributed by atoms with van der Waals surface area (Å²) in [6.45, 7) is 0.458. The van der Waals surface area contributed by atoms with Gasteiger partial charge in [0.25, 0.3) is 5.91 Å². The fraction of sp³-hybridized carbons (Fsp3) is 0.200. The molecule has 2 N–H and O–H groups in total. The van der Waals surface area contributed by atoms with Gasteiger partial charge in [0.2, 0.25) is 10.0 Å². The molecule has 0 saturated heterocycles. The molecule has 0 atom stereocenters. The number of sulfonamides is 1. The Labute approximate surface area is 129 Å². The van der Waals surface area contributed by atoms with E-state index in [1.807, 2.05) is 18.2 Å². The Bertz CT molecular complexity index is 746. The molecule has 0 radical (unpaired) electrons. The van der Waals surface area contributed by atoms with Crippen LogP contribution in [0.2, 0.25) is 0 Å². The van der Waals surface area contributed by atoms with E-state index in [0.717, 1.165) is 11.9 Å². The van der Waals surface area contributed by atoms with Gasteiger partial charge >= 0.3 is 0 Å². The van der Waals surface area contributed by atoms with Crippen molar-refractivity contribution in [3.63, 3.8) is 0 Å². The number of carbonyl (C=O) groups excluding carboxylic acids is 1. The van der Waals surface area contributed by atoms with E-state index in [0.29, 0.717) is 24.2 Å². The summed E-state index contributed by atoms with van der Waals surface area (Å²) in [6, 6.07) is 12.0. The minimum absolute atomic E-state index is 0.256. The van der Waals surface area contributed by atoms with E-state index in [4.69, 9.17) is 0 Å². The highest BCUT2D eigenvalue weighted by Crippen LogP contribution is 2.11. The molecule has 0 saturated carbocycles. The third-order valence-electron chi connectivity index (χ3n) is 2.82. The summed E-state index contributed by atoms with van der Waals surface area (Å²) in [5.74, 6) is -0.256. The summed E-state index contributed by atoms with van der Waals surface area (Å²) in [5.41, 5.74) is 1.66. The summed E-state index contributed by atoms with van der Waals surface area (Å²) in [5, 5.41) is 2.78. The zero-order valence-electron chi connectivity index (χ0n) is 12.1. The molecular weight excluding hydrogens is 302 g/mol. The van der Waals surface area contributed by atoms with Crippen LogP contribution < -0.4 is 10.0 Å². The van der Waals surface area contributed by atoms with E-state index in [1.165, 1.54) is 6.07 Å². The molecule has 1 heterocycles. The van der Waals surface area contributed by atoms with Crippen LogP contribution in [0.4, 0.5) is 5.69 Å². The molecule has 2 aromatic rings. The number of nitrogens with one attached hydrogen (secondary N) is 2. The Morgan fingerprint density at radius 2 is 2.00 bits per heavy atom. The fourth-order valence-electron chi connectivity index (χ4n) is 1.89. The predicted octanol–water partition coefficient (Wildman–Crippen LogP) is 1.43. The first kappa shape index (κ1) is 16.0. The Morgan fingerprint density at radius 1 is 1.18 bits per heavy atom. The maximum atomic E-state index is 12.0. The first-order chi connectivity index (χ1) is 10.4. The monoisotopic (exact) mass is 319 g/mol. The Hall–Kier alpha value is -2.41. The highest BCUT2D eigenvalue weighted by molar-refractivity contribution is 7.92. The first-order valence-corrected chi connectivity index (χ1v) is 8.59. The molecule has 6 nitrogen and oxygen atoms in total. The largest absolute Gasteiger partial charge is 0.352 e. The number of rotatable bonds is 6. The van der Waals surface area contributed by atoms with E-state index in [-0.39, 0.29) is 5.91 Å². The minimum atomic E-state index is -3.36. The van der Waals surface area contributed by atoms with Gasteiger partial charge in [0.05, 0.1) is 6.26 Å². The Kier molecular flexibility index (Phi) is 5.11. The lowest BCUT2D eigenvalue weighted by Gasteiger charge is -2.08. The van der Waals surface area contributed by atoms with Crippen molar-refractivity contribution in [3.05, 3.63) is 59.9 Å². The number of benzene rings is 1. The molecule has 0 aliphatic rings. The maximum Gasteiger partial charge on any atom is 0.251 e. The van der Waals surface area contributed by atoms with Crippen LogP contribution in [0.3, 0.4) is 0 Å². The Morgan fingerprint density at radius 3 is 2.68 bits per heavy atom. The number of hydrogen-bond donors (Lipinski definition) is 2. The smallest absolute Gasteiger partial charge is 0.251 e. The van der Waals surface area contributed by atoms with Crippen molar-refractivity contribution in [3.8, 4) is 0 Å². The van der Waals surface area contributed by atoms with Crippen LogP contribution in [0.15, 0.2) is 48.7 Å². The molecule has 22 heavy (non-hydrogen) atoms. The zero-order chi connectivity index (χ0) is 16.0. The number of carbonyl (C=O) groups is 1. The molecular formula is C15H17N3O3S. The van der Waals surface area contributed by atoms with E-state index in [2.05, 4.69) is 15.0 Å². The number of hydrogen-bond acceptors (Lipinski definition) is 4. The highest BCUT2D eigenvalue weighted by Gasteiger charge is 2.08. The van der Waals surface area contributed by atoms with Gasteiger partial charge in [0, 0.05) is 36.1 Å². The molecule has 1 aromatic heterocycles. The maximum absolute atomic E-state index is 12.0. The average Bonchev–Trinajstić information content (AvgIpc) is 2.47. The second-order valence-electron chi connectivity index (χ2n) is 4.78. The second kappa shape index (κ2) is 7.04. The van der Waals surface area contributed by atoms with Crippen molar-refractivity contribution < 1.29 is 13.2 Å². The van der Waals surface area contributed by atoms with Gasteiger partial charge in [-0.05, 0) is 30.3 Å². The van der Waals surface area contributed by atoms with E-state index >= 15 is 0 Å². The summed E-state index contributed by atoms with van der Waals surface area (Å²) in [4.78, 5) is 16.2. The van der Waals surface area contributed by atoms with Crippen LogP contribution >= 0.6 is 0 Å². The number of amides is 1. The molecule has 7 heteroatoms. The topological polar surface area (TPSA) is 88.2 Å². The molecule has 116 valence electrons. The summed E-state index contributed by atoms with van der Waals surface area (Å²) < 4.78 is 24.7. The van der Waals surface area contributed by atoms with E-state index in [1.54, 1.807) is 24.4 Å². The van der Waals surface area contributed by atoms with E-state index in [9.17, 15) is 13.2 Å². The molecule has 2 rings (SSSR count). The van der Waals surface area contributed by atoms with Crippen LogP contribution in [-0.4, -0.2) is 32.1 Å². The summed E-state index contributed by atoms with van der Waals surface area (Å²) in [6.07, 6.45) is 3.40. The average molecular weight is 319 g/mol. The SMILES string of the molecule is CS(=O)(=O)Nc1cccc(C(=O)NCCc2ccccn2)c1.